The Hall–Kier alpha value is -1.44. The van der Waals surface area contributed by atoms with Gasteiger partial charge in [-0.1, -0.05) is 6.07 Å². The number of nitrogens with one attached hydrogen (secondary N) is 1. The molecule has 1 aromatic carbocycles. The van der Waals surface area contributed by atoms with Crippen LogP contribution in [-0.4, -0.2) is 28.0 Å². The molecule has 3 N–H and O–H groups in total. The van der Waals surface area contributed by atoms with Crippen LogP contribution in [0.4, 0.5) is 5.69 Å². The molecule has 0 heterocycles. The smallest absolute Gasteiger partial charge is 0.238 e. The molecule has 0 aromatic heterocycles. The summed E-state index contributed by atoms with van der Waals surface area (Å²) in [5, 5.41) is 7.64. The van der Waals surface area contributed by atoms with Crippen molar-refractivity contribution < 1.29 is 17.9 Å². The zero-order valence-electron chi connectivity index (χ0n) is 10.3. The first-order chi connectivity index (χ1) is 8.34. The lowest BCUT2D eigenvalue weighted by atomic mass is 10.2. The molecular weight excluding hydrogens is 256 g/mol. The Kier molecular flexibility index (Phi) is 4.83. The maximum absolute atomic E-state index is 11.5. The standard InChI is InChI=1S/C11H16N2O4S/c1-8-3-4-9(18(12,15)16)7-10(8)13-11(14)5-6-17-2/h3-4,7H,5-6H2,1-2H3,(H,13,14)(H2,12,15,16). The van der Waals surface area contributed by atoms with Crippen LogP contribution in [-0.2, 0) is 19.6 Å². The van der Waals surface area contributed by atoms with Gasteiger partial charge in [0, 0.05) is 12.8 Å². The molecule has 1 rings (SSSR count). The van der Waals surface area contributed by atoms with Crippen molar-refractivity contribution in [2.75, 3.05) is 19.0 Å². The van der Waals surface area contributed by atoms with Crippen LogP contribution < -0.4 is 10.5 Å². The summed E-state index contributed by atoms with van der Waals surface area (Å²) in [6.45, 7) is 2.07. The van der Waals surface area contributed by atoms with Gasteiger partial charge in [0.05, 0.1) is 17.9 Å². The largest absolute Gasteiger partial charge is 0.384 e. The van der Waals surface area contributed by atoms with E-state index in [4.69, 9.17) is 9.88 Å². The van der Waals surface area contributed by atoms with Crippen molar-refractivity contribution >= 4 is 21.6 Å². The van der Waals surface area contributed by atoms with E-state index in [-0.39, 0.29) is 17.2 Å². The second kappa shape index (κ2) is 5.94. The zero-order chi connectivity index (χ0) is 13.8. The van der Waals surface area contributed by atoms with Crippen molar-refractivity contribution in [2.24, 2.45) is 5.14 Å². The van der Waals surface area contributed by atoms with Gasteiger partial charge in [-0.15, -0.1) is 0 Å². The molecule has 0 aliphatic heterocycles. The Morgan fingerprint density at radius 2 is 2.11 bits per heavy atom. The van der Waals surface area contributed by atoms with E-state index in [1.807, 2.05) is 0 Å². The number of anilines is 1. The lowest BCUT2D eigenvalue weighted by Crippen LogP contribution is -2.16. The third-order valence-electron chi connectivity index (χ3n) is 2.34. The molecule has 0 saturated carbocycles. The lowest BCUT2D eigenvalue weighted by Gasteiger charge is -2.09. The number of carbonyl (C=O) groups is 1. The molecule has 0 aliphatic carbocycles. The van der Waals surface area contributed by atoms with E-state index in [9.17, 15) is 13.2 Å². The van der Waals surface area contributed by atoms with Gasteiger partial charge in [-0.2, -0.15) is 0 Å². The number of benzene rings is 1. The van der Waals surface area contributed by atoms with E-state index in [0.29, 0.717) is 12.3 Å². The molecule has 7 heteroatoms. The summed E-state index contributed by atoms with van der Waals surface area (Å²) in [7, 11) is -2.27. The monoisotopic (exact) mass is 272 g/mol. The predicted octanol–water partition coefficient (Wildman–Crippen LogP) is 0.617. The number of methoxy groups -OCH3 is 1. The van der Waals surface area contributed by atoms with Gasteiger partial charge in [0.1, 0.15) is 0 Å². The maximum atomic E-state index is 11.5. The molecule has 0 saturated heterocycles. The highest BCUT2D eigenvalue weighted by Crippen LogP contribution is 2.19. The van der Waals surface area contributed by atoms with Crippen LogP contribution in [0, 0.1) is 6.92 Å². The Labute approximate surface area is 106 Å². The summed E-state index contributed by atoms with van der Waals surface area (Å²) in [6, 6.07) is 4.33. The molecule has 6 nitrogen and oxygen atoms in total. The molecule has 0 fully saturated rings. The molecule has 1 amide bonds. The molecule has 0 spiro atoms. The third kappa shape index (κ3) is 4.10. The first-order valence-electron chi connectivity index (χ1n) is 5.27. The van der Waals surface area contributed by atoms with Crippen LogP contribution in [0.25, 0.3) is 0 Å². The highest BCUT2D eigenvalue weighted by Gasteiger charge is 2.11. The Morgan fingerprint density at radius 3 is 2.67 bits per heavy atom. The normalized spacial score (nSPS) is 11.3. The molecule has 100 valence electrons. The quantitative estimate of drug-likeness (QED) is 0.820. The molecule has 1 aromatic rings. The van der Waals surface area contributed by atoms with Gasteiger partial charge in [-0.3, -0.25) is 4.79 Å². The van der Waals surface area contributed by atoms with Gasteiger partial charge >= 0.3 is 0 Å². The summed E-state index contributed by atoms with van der Waals surface area (Å²) in [6.07, 6.45) is 0.204. The number of amides is 1. The fourth-order valence-electron chi connectivity index (χ4n) is 1.32. The number of carbonyl (C=O) groups excluding carboxylic acids is 1. The fraction of sp³-hybridized carbons (Fsp3) is 0.364. The summed E-state index contributed by atoms with van der Waals surface area (Å²) in [5.41, 5.74) is 1.19. The van der Waals surface area contributed by atoms with E-state index in [1.165, 1.54) is 19.2 Å². The molecule has 0 bridgehead atoms. The Morgan fingerprint density at radius 1 is 1.44 bits per heavy atom. The van der Waals surface area contributed by atoms with Crippen LogP contribution in [0.2, 0.25) is 0 Å². The molecule has 18 heavy (non-hydrogen) atoms. The zero-order valence-corrected chi connectivity index (χ0v) is 11.1. The van der Waals surface area contributed by atoms with Gasteiger partial charge in [-0.05, 0) is 24.6 Å². The fourth-order valence-corrected chi connectivity index (χ4v) is 1.86. The second-order valence-corrected chi connectivity index (χ2v) is 5.37. The number of ether oxygens (including phenoxy) is 1. The first-order valence-corrected chi connectivity index (χ1v) is 6.81. The molecular formula is C11H16N2O4S. The first kappa shape index (κ1) is 14.6. The highest BCUT2D eigenvalue weighted by molar-refractivity contribution is 7.89. The van der Waals surface area contributed by atoms with Crippen molar-refractivity contribution in [3.63, 3.8) is 0 Å². The molecule has 0 radical (unpaired) electrons. The minimum Gasteiger partial charge on any atom is -0.384 e. The van der Waals surface area contributed by atoms with Crippen molar-refractivity contribution in [3.8, 4) is 0 Å². The molecule has 0 aliphatic rings. The predicted molar refractivity (Wildman–Crippen MR) is 67.7 cm³/mol. The maximum Gasteiger partial charge on any atom is 0.238 e. The highest BCUT2D eigenvalue weighted by atomic mass is 32.2. The van der Waals surface area contributed by atoms with E-state index < -0.39 is 10.0 Å². The second-order valence-electron chi connectivity index (χ2n) is 3.81. The third-order valence-corrected chi connectivity index (χ3v) is 3.26. The lowest BCUT2D eigenvalue weighted by molar-refractivity contribution is -0.117. The van der Waals surface area contributed by atoms with Gasteiger partial charge < -0.3 is 10.1 Å². The number of aryl methyl sites for hydroxylation is 1. The van der Waals surface area contributed by atoms with Crippen LogP contribution in [0.1, 0.15) is 12.0 Å². The number of rotatable bonds is 5. The summed E-state index contributed by atoms with van der Waals surface area (Å²) < 4.78 is 27.2. The van der Waals surface area contributed by atoms with Gasteiger partial charge in [0.2, 0.25) is 15.9 Å². The summed E-state index contributed by atoms with van der Waals surface area (Å²) >= 11 is 0. The van der Waals surface area contributed by atoms with Crippen LogP contribution in [0.3, 0.4) is 0 Å². The number of primary sulfonamides is 1. The topological polar surface area (TPSA) is 98.5 Å². The van der Waals surface area contributed by atoms with Crippen LogP contribution in [0.5, 0.6) is 0 Å². The van der Waals surface area contributed by atoms with Crippen LogP contribution >= 0.6 is 0 Å². The number of sulfonamides is 1. The van der Waals surface area contributed by atoms with E-state index >= 15 is 0 Å². The van der Waals surface area contributed by atoms with Crippen molar-refractivity contribution in [2.45, 2.75) is 18.2 Å². The number of hydrogen-bond donors (Lipinski definition) is 2. The summed E-state index contributed by atoms with van der Waals surface area (Å²) in [4.78, 5) is 11.5. The minimum atomic E-state index is -3.77. The summed E-state index contributed by atoms with van der Waals surface area (Å²) in [5.74, 6) is -0.244. The average Bonchev–Trinajstić information content (AvgIpc) is 2.28. The minimum absolute atomic E-state index is 0.0323. The SMILES string of the molecule is COCCC(=O)Nc1cc(S(N)(=O)=O)ccc1C. The number of hydrogen-bond acceptors (Lipinski definition) is 4. The Bertz CT molecular complexity index is 540. The van der Waals surface area contributed by atoms with Gasteiger partial charge in [-0.25, -0.2) is 13.6 Å². The van der Waals surface area contributed by atoms with E-state index in [2.05, 4.69) is 5.32 Å². The van der Waals surface area contributed by atoms with Gasteiger partial charge in [0.25, 0.3) is 0 Å². The van der Waals surface area contributed by atoms with Gasteiger partial charge in [0.15, 0.2) is 0 Å². The van der Waals surface area contributed by atoms with Crippen LogP contribution in [0.15, 0.2) is 23.1 Å². The Balaban J connectivity index is 2.92. The molecule has 0 unspecified atom stereocenters. The average molecular weight is 272 g/mol. The van der Waals surface area contributed by atoms with E-state index in [1.54, 1.807) is 13.0 Å². The number of nitrogens with two attached hydrogens (primary N) is 1. The van der Waals surface area contributed by atoms with Crippen molar-refractivity contribution in [1.82, 2.24) is 0 Å². The van der Waals surface area contributed by atoms with E-state index in [0.717, 1.165) is 5.56 Å². The molecule has 0 atom stereocenters. The van der Waals surface area contributed by atoms with Crippen molar-refractivity contribution in [1.29, 1.82) is 0 Å². The van der Waals surface area contributed by atoms with Crippen molar-refractivity contribution in [3.05, 3.63) is 23.8 Å².